The minimum atomic E-state index is -0.0450. The Morgan fingerprint density at radius 3 is 2.82 bits per heavy atom. The van der Waals surface area contributed by atoms with Crippen molar-refractivity contribution in [2.75, 3.05) is 11.9 Å². The largest absolute Gasteiger partial charge is 0.333 e. The zero-order valence-corrected chi connectivity index (χ0v) is 10.9. The van der Waals surface area contributed by atoms with E-state index in [1.165, 1.54) is 6.20 Å². The van der Waals surface area contributed by atoms with Gasteiger partial charge in [-0.2, -0.15) is 5.26 Å². The van der Waals surface area contributed by atoms with Gasteiger partial charge in [0.1, 0.15) is 11.8 Å². The van der Waals surface area contributed by atoms with Crippen LogP contribution in [0.15, 0.2) is 18.3 Å². The second kappa shape index (κ2) is 5.28. The summed E-state index contributed by atoms with van der Waals surface area (Å²) >= 11 is 3.35. The third-order valence-corrected chi connectivity index (χ3v) is 3.04. The quantitative estimate of drug-likeness (QED) is 0.798. The van der Waals surface area contributed by atoms with Crippen molar-refractivity contribution in [3.63, 3.8) is 0 Å². The predicted octanol–water partition coefficient (Wildman–Crippen LogP) is 1.95. The van der Waals surface area contributed by atoms with Gasteiger partial charge >= 0.3 is 0 Å². The van der Waals surface area contributed by atoms with Gasteiger partial charge in [0.05, 0.1) is 5.56 Å². The van der Waals surface area contributed by atoms with Gasteiger partial charge in [-0.15, -0.1) is 0 Å². The summed E-state index contributed by atoms with van der Waals surface area (Å²) in [5.41, 5.74) is 0.886. The first-order valence-corrected chi connectivity index (χ1v) is 6.61. The molecule has 0 aromatic carbocycles. The molecule has 0 aliphatic heterocycles. The molecule has 0 bridgehead atoms. The molecule has 2 rings (SSSR count). The average molecular weight is 294 g/mol. The molecule has 17 heavy (non-hydrogen) atoms. The summed E-state index contributed by atoms with van der Waals surface area (Å²) in [5, 5.41) is 9.44. The molecule has 1 aromatic rings. The molecule has 0 radical (unpaired) electrons. The Morgan fingerprint density at radius 1 is 1.59 bits per heavy atom. The number of carbonyl (C=O) groups excluding carboxylic acids is 1. The number of halogens is 1. The highest BCUT2D eigenvalue weighted by molar-refractivity contribution is 9.09. The number of hydrogen-bond donors (Lipinski definition) is 0. The topological polar surface area (TPSA) is 57.0 Å². The standard InChI is InChI=1S/C12H12BrN3O/c13-5-6-16(10-2-3-10)12(17)11-4-1-9(7-14)8-15-11/h1,4,8,10H,2-3,5-6H2. The summed E-state index contributed by atoms with van der Waals surface area (Å²) in [5.74, 6) is -0.0450. The fourth-order valence-electron chi connectivity index (χ4n) is 1.66. The highest BCUT2D eigenvalue weighted by atomic mass is 79.9. The predicted molar refractivity (Wildman–Crippen MR) is 66.8 cm³/mol. The fraction of sp³-hybridized carbons (Fsp3) is 0.417. The van der Waals surface area contributed by atoms with Gasteiger partial charge in [0, 0.05) is 24.1 Å². The third-order valence-electron chi connectivity index (χ3n) is 2.69. The lowest BCUT2D eigenvalue weighted by Gasteiger charge is -2.20. The molecule has 1 amide bonds. The number of amides is 1. The lowest BCUT2D eigenvalue weighted by atomic mass is 10.2. The molecular weight excluding hydrogens is 282 g/mol. The number of nitrogens with zero attached hydrogens (tertiary/aromatic N) is 3. The van der Waals surface area contributed by atoms with Crippen LogP contribution in [0.4, 0.5) is 0 Å². The first-order chi connectivity index (χ1) is 8.26. The van der Waals surface area contributed by atoms with E-state index >= 15 is 0 Å². The molecule has 1 aliphatic rings. The normalized spacial score (nSPS) is 14.1. The van der Waals surface area contributed by atoms with E-state index in [1.807, 2.05) is 11.0 Å². The Hall–Kier alpha value is -1.41. The van der Waals surface area contributed by atoms with Crippen molar-refractivity contribution in [1.29, 1.82) is 5.26 Å². The maximum absolute atomic E-state index is 12.2. The van der Waals surface area contributed by atoms with Gasteiger partial charge in [-0.05, 0) is 25.0 Å². The van der Waals surface area contributed by atoms with E-state index in [0.717, 1.165) is 18.2 Å². The Bertz CT molecular complexity index is 448. The summed E-state index contributed by atoms with van der Waals surface area (Å²) in [7, 11) is 0. The summed E-state index contributed by atoms with van der Waals surface area (Å²) in [6.45, 7) is 0.700. The van der Waals surface area contributed by atoms with Crippen molar-refractivity contribution in [1.82, 2.24) is 9.88 Å². The molecule has 1 fully saturated rings. The second-order valence-electron chi connectivity index (χ2n) is 3.96. The lowest BCUT2D eigenvalue weighted by molar-refractivity contribution is 0.0749. The van der Waals surface area contributed by atoms with Crippen LogP contribution in [0.1, 0.15) is 28.9 Å². The van der Waals surface area contributed by atoms with Crippen LogP contribution in [0.2, 0.25) is 0 Å². The van der Waals surface area contributed by atoms with E-state index in [9.17, 15) is 4.79 Å². The van der Waals surface area contributed by atoms with Crippen LogP contribution in [0, 0.1) is 11.3 Å². The van der Waals surface area contributed by atoms with Gasteiger partial charge in [-0.25, -0.2) is 4.98 Å². The van der Waals surface area contributed by atoms with Crippen LogP contribution in [-0.2, 0) is 0 Å². The van der Waals surface area contributed by atoms with Gasteiger partial charge in [0.25, 0.3) is 5.91 Å². The van der Waals surface area contributed by atoms with Gasteiger partial charge in [0.15, 0.2) is 0 Å². The SMILES string of the molecule is N#Cc1ccc(C(=O)N(CCBr)C2CC2)nc1. The molecule has 4 nitrogen and oxygen atoms in total. The summed E-state index contributed by atoms with van der Waals surface area (Å²) in [6, 6.07) is 5.60. The van der Waals surface area contributed by atoms with Crippen molar-refractivity contribution in [2.45, 2.75) is 18.9 Å². The minimum Gasteiger partial charge on any atom is -0.333 e. The maximum atomic E-state index is 12.2. The molecule has 1 heterocycles. The Morgan fingerprint density at radius 2 is 2.35 bits per heavy atom. The average Bonchev–Trinajstić information content (AvgIpc) is 3.19. The molecule has 88 valence electrons. The summed E-state index contributed by atoms with van der Waals surface area (Å²) in [4.78, 5) is 18.1. The first kappa shape index (κ1) is 12.1. The summed E-state index contributed by atoms with van der Waals surface area (Å²) in [6.07, 6.45) is 3.59. The fourth-order valence-corrected chi connectivity index (χ4v) is 2.04. The molecular formula is C12H12BrN3O. The molecule has 0 spiro atoms. The van der Waals surface area contributed by atoms with Crippen LogP contribution in [0.3, 0.4) is 0 Å². The van der Waals surface area contributed by atoms with Crippen LogP contribution < -0.4 is 0 Å². The van der Waals surface area contributed by atoms with Crippen molar-refractivity contribution in [3.05, 3.63) is 29.6 Å². The highest BCUT2D eigenvalue weighted by Crippen LogP contribution is 2.27. The van der Waals surface area contributed by atoms with E-state index < -0.39 is 0 Å². The molecule has 1 saturated carbocycles. The zero-order chi connectivity index (χ0) is 12.3. The van der Waals surface area contributed by atoms with Crippen molar-refractivity contribution in [2.24, 2.45) is 0 Å². The Balaban J connectivity index is 2.14. The molecule has 0 atom stereocenters. The van der Waals surface area contributed by atoms with Gasteiger partial charge in [-0.1, -0.05) is 15.9 Å². The third kappa shape index (κ3) is 2.83. The molecule has 0 N–H and O–H groups in total. The Kier molecular flexibility index (Phi) is 3.75. The van der Waals surface area contributed by atoms with E-state index in [1.54, 1.807) is 12.1 Å². The van der Waals surface area contributed by atoms with Crippen molar-refractivity contribution >= 4 is 21.8 Å². The summed E-state index contributed by atoms with van der Waals surface area (Å²) < 4.78 is 0. The number of hydrogen-bond acceptors (Lipinski definition) is 3. The molecule has 5 heteroatoms. The maximum Gasteiger partial charge on any atom is 0.272 e. The smallest absolute Gasteiger partial charge is 0.272 e. The van der Waals surface area contributed by atoms with Crippen LogP contribution in [0.5, 0.6) is 0 Å². The Labute approximate surface area is 108 Å². The van der Waals surface area contributed by atoms with Crippen LogP contribution in [-0.4, -0.2) is 33.7 Å². The molecule has 1 aromatic heterocycles. The van der Waals surface area contributed by atoms with E-state index in [2.05, 4.69) is 20.9 Å². The molecule has 0 saturated heterocycles. The van der Waals surface area contributed by atoms with Gasteiger partial charge in [0.2, 0.25) is 0 Å². The van der Waals surface area contributed by atoms with Gasteiger partial charge < -0.3 is 4.90 Å². The molecule has 1 aliphatic carbocycles. The number of aromatic nitrogens is 1. The van der Waals surface area contributed by atoms with Crippen LogP contribution >= 0.6 is 15.9 Å². The highest BCUT2D eigenvalue weighted by Gasteiger charge is 2.32. The number of carbonyl (C=O) groups is 1. The van der Waals surface area contributed by atoms with Gasteiger partial charge in [-0.3, -0.25) is 4.79 Å². The number of nitriles is 1. The first-order valence-electron chi connectivity index (χ1n) is 5.49. The van der Waals surface area contributed by atoms with E-state index in [-0.39, 0.29) is 5.91 Å². The lowest BCUT2D eigenvalue weighted by Crippen LogP contribution is -2.35. The minimum absolute atomic E-state index is 0.0450. The molecule has 0 unspecified atom stereocenters. The monoisotopic (exact) mass is 293 g/mol. The second-order valence-corrected chi connectivity index (χ2v) is 4.76. The number of alkyl halides is 1. The zero-order valence-electron chi connectivity index (χ0n) is 9.27. The van der Waals surface area contributed by atoms with E-state index in [4.69, 9.17) is 5.26 Å². The number of pyridine rings is 1. The number of rotatable bonds is 4. The van der Waals surface area contributed by atoms with Crippen molar-refractivity contribution in [3.8, 4) is 6.07 Å². The van der Waals surface area contributed by atoms with Crippen LogP contribution in [0.25, 0.3) is 0 Å². The van der Waals surface area contributed by atoms with Crippen molar-refractivity contribution < 1.29 is 4.79 Å². The van der Waals surface area contributed by atoms with E-state index in [0.29, 0.717) is 23.8 Å².